The Balaban J connectivity index is 1.84. The predicted molar refractivity (Wildman–Crippen MR) is 140 cm³/mol. The monoisotopic (exact) mass is 473 g/mol. The summed E-state index contributed by atoms with van der Waals surface area (Å²) in [4.78, 5) is 34.6. The number of carbonyl (C=O) groups is 1. The van der Waals surface area contributed by atoms with Crippen LogP contribution in [-0.2, 0) is 11.3 Å². The van der Waals surface area contributed by atoms with Crippen LogP contribution in [-0.4, -0.2) is 48.5 Å². The molecule has 0 bridgehead atoms. The van der Waals surface area contributed by atoms with Crippen LogP contribution in [0.15, 0.2) is 70.8 Å². The normalized spacial score (nSPS) is 12.1. The molecule has 4 rings (SSSR count). The maximum Gasteiger partial charge on any atom is 0.262 e. The minimum Gasteiger partial charge on any atom is -0.383 e. The van der Waals surface area contributed by atoms with E-state index in [9.17, 15) is 9.59 Å². The predicted octanol–water partition coefficient (Wildman–Crippen LogP) is 3.00. The molecule has 174 valence electrons. The first-order chi connectivity index (χ1) is 16.5. The smallest absolute Gasteiger partial charge is 0.262 e. The number of aromatic nitrogens is 2. The topological polar surface area (TPSA) is 64.4 Å². The summed E-state index contributed by atoms with van der Waals surface area (Å²) >= 11 is 1.44. The van der Waals surface area contributed by atoms with E-state index in [-0.39, 0.29) is 17.5 Å². The van der Waals surface area contributed by atoms with Gasteiger partial charge in [-0.3, -0.25) is 14.2 Å². The molecule has 6 nitrogen and oxygen atoms in total. The second-order valence-corrected chi connectivity index (χ2v) is 9.16. The fourth-order valence-electron chi connectivity index (χ4n) is 4.13. The Morgan fingerprint density at radius 3 is 2.56 bits per heavy atom. The van der Waals surface area contributed by atoms with Gasteiger partial charge in [-0.2, -0.15) is 0 Å². The molecule has 0 aliphatic rings. The molecule has 0 spiro atoms. The molecule has 0 saturated heterocycles. The van der Waals surface area contributed by atoms with Crippen LogP contribution in [0.25, 0.3) is 10.2 Å². The lowest BCUT2D eigenvalue weighted by molar-refractivity contribution is 0.0577. The highest BCUT2D eigenvalue weighted by Crippen LogP contribution is 2.27. The van der Waals surface area contributed by atoms with E-state index in [1.807, 2.05) is 80.8 Å². The number of nitrogens with zero attached hydrogens (tertiary/aromatic N) is 3. The lowest BCUT2D eigenvalue weighted by atomic mass is 9.95. The van der Waals surface area contributed by atoms with Gasteiger partial charge in [-0.25, -0.2) is 4.98 Å². The zero-order valence-corrected chi connectivity index (χ0v) is 20.5. The van der Waals surface area contributed by atoms with E-state index in [2.05, 4.69) is 0 Å². The van der Waals surface area contributed by atoms with E-state index in [1.165, 1.54) is 11.3 Å². The Morgan fingerprint density at radius 1 is 1.15 bits per heavy atom. The summed E-state index contributed by atoms with van der Waals surface area (Å²) < 4.78 is 7.06. The van der Waals surface area contributed by atoms with Crippen LogP contribution in [0.3, 0.4) is 0 Å². The second-order valence-electron chi connectivity index (χ2n) is 8.27. The molecule has 0 radical (unpaired) electrons. The van der Waals surface area contributed by atoms with Crippen molar-refractivity contribution in [3.63, 3.8) is 0 Å². The van der Waals surface area contributed by atoms with Gasteiger partial charge < -0.3 is 9.64 Å². The maximum absolute atomic E-state index is 13.7. The van der Waals surface area contributed by atoms with Gasteiger partial charge in [0.15, 0.2) is 0 Å². The SMILES string of the molecule is Bc1ccc(C(=O)N(CCOC)C(CC)c2nc3sccc3c(=O)n2Cc2ccccc2)cc1. The largest absolute Gasteiger partial charge is 0.383 e. The molecule has 34 heavy (non-hydrogen) atoms. The number of rotatable bonds is 9. The molecule has 8 heteroatoms. The van der Waals surface area contributed by atoms with Crippen molar-refractivity contribution in [1.29, 1.82) is 0 Å². The van der Waals surface area contributed by atoms with Crippen LogP contribution in [0.1, 0.15) is 41.1 Å². The standard InChI is InChI=1S/C26H28BN3O3S/c1-3-22(29(14-15-33-2)25(31)19-9-11-20(27)12-10-19)23-28-24-21(13-16-34-24)26(32)30(23)17-18-7-5-4-6-8-18/h4-13,16,22H,3,14-15,17,27H2,1-2H3. The Hall–Kier alpha value is -3.23. The first-order valence-electron chi connectivity index (χ1n) is 11.4. The number of benzene rings is 2. The number of amides is 1. The van der Waals surface area contributed by atoms with Gasteiger partial charge in [0.1, 0.15) is 18.5 Å². The van der Waals surface area contributed by atoms with E-state index >= 15 is 0 Å². The van der Waals surface area contributed by atoms with Crippen molar-refractivity contribution in [3.05, 3.63) is 93.3 Å². The van der Waals surface area contributed by atoms with Crippen LogP contribution in [0.5, 0.6) is 0 Å². The van der Waals surface area contributed by atoms with E-state index in [1.54, 1.807) is 16.6 Å². The zero-order valence-electron chi connectivity index (χ0n) is 19.7. The van der Waals surface area contributed by atoms with Gasteiger partial charge in [-0.05, 0) is 23.4 Å². The zero-order chi connectivity index (χ0) is 24.1. The third-order valence-electron chi connectivity index (χ3n) is 5.95. The van der Waals surface area contributed by atoms with Gasteiger partial charge >= 0.3 is 0 Å². The average molecular weight is 473 g/mol. The fourth-order valence-corrected chi connectivity index (χ4v) is 4.89. The number of ether oxygens (including phenoxy) is 1. The molecule has 1 unspecified atom stereocenters. The van der Waals surface area contributed by atoms with Crippen LogP contribution in [0, 0.1) is 0 Å². The molecule has 2 aromatic carbocycles. The van der Waals surface area contributed by atoms with Crippen molar-refractivity contribution in [2.24, 2.45) is 0 Å². The van der Waals surface area contributed by atoms with Gasteiger partial charge in [0.05, 0.1) is 24.6 Å². The summed E-state index contributed by atoms with van der Waals surface area (Å²) in [6, 6.07) is 18.9. The van der Waals surface area contributed by atoms with Gasteiger partial charge in [0, 0.05) is 19.2 Å². The Labute approximate surface area is 204 Å². The van der Waals surface area contributed by atoms with E-state index in [4.69, 9.17) is 9.72 Å². The first kappa shape index (κ1) is 23.9. The molecular formula is C26H28BN3O3S. The summed E-state index contributed by atoms with van der Waals surface area (Å²) in [5, 5.41) is 2.49. The summed E-state index contributed by atoms with van der Waals surface area (Å²) in [7, 11) is 3.62. The minimum absolute atomic E-state index is 0.0852. The molecule has 2 aromatic heterocycles. The molecule has 0 aliphatic heterocycles. The van der Waals surface area contributed by atoms with Gasteiger partial charge in [-0.1, -0.05) is 67.0 Å². The number of fused-ring (bicyclic) bond motifs is 1. The highest BCUT2D eigenvalue weighted by atomic mass is 32.1. The van der Waals surface area contributed by atoms with E-state index in [0.717, 1.165) is 11.0 Å². The lowest BCUT2D eigenvalue weighted by Gasteiger charge is -2.32. The van der Waals surface area contributed by atoms with Crippen molar-refractivity contribution in [2.45, 2.75) is 25.9 Å². The summed E-state index contributed by atoms with van der Waals surface area (Å²) in [5.74, 6) is 0.499. The number of thiophene rings is 1. The highest BCUT2D eigenvalue weighted by molar-refractivity contribution is 7.16. The Kier molecular flexibility index (Phi) is 7.60. The molecule has 0 aliphatic carbocycles. The summed E-state index contributed by atoms with van der Waals surface area (Å²) in [6.07, 6.45) is 0.611. The van der Waals surface area contributed by atoms with Gasteiger partial charge in [0.25, 0.3) is 11.5 Å². The fraction of sp³-hybridized carbons (Fsp3) is 0.269. The summed E-state index contributed by atoms with van der Waals surface area (Å²) in [6.45, 7) is 3.19. The number of methoxy groups -OCH3 is 1. The van der Waals surface area contributed by atoms with Crippen LogP contribution in [0.2, 0.25) is 0 Å². The van der Waals surface area contributed by atoms with Gasteiger partial charge in [0.2, 0.25) is 0 Å². The number of hydrogen-bond acceptors (Lipinski definition) is 5. The quantitative estimate of drug-likeness (QED) is 0.351. The Bertz CT molecular complexity index is 1320. The molecule has 0 fully saturated rings. The van der Waals surface area contributed by atoms with Crippen molar-refractivity contribution in [2.75, 3.05) is 20.3 Å². The lowest BCUT2D eigenvalue weighted by Crippen LogP contribution is -2.40. The minimum atomic E-state index is -0.383. The van der Waals surface area contributed by atoms with Crippen molar-refractivity contribution in [3.8, 4) is 0 Å². The van der Waals surface area contributed by atoms with Crippen molar-refractivity contribution in [1.82, 2.24) is 14.5 Å². The van der Waals surface area contributed by atoms with Crippen molar-refractivity contribution >= 4 is 40.8 Å². The van der Waals surface area contributed by atoms with Crippen LogP contribution < -0.4 is 11.0 Å². The molecule has 0 N–H and O–H groups in total. The number of carbonyl (C=O) groups excluding carboxylic acids is 1. The second kappa shape index (κ2) is 10.8. The van der Waals surface area contributed by atoms with Crippen LogP contribution in [0.4, 0.5) is 0 Å². The number of hydrogen-bond donors (Lipinski definition) is 0. The third-order valence-corrected chi connectivity index (χ3v) is 6.76. The third kappa shape index (κ3) is 4.98. The molecular weight excluding hydrogens is 445 g/mol. The molecule has 2 heterocycles. The van der Waals surface area contributed by atoms with Gasteiger partial charge in [-0.15, -0.1) is 11.3 Å². The Morgan fingerprint density at radius 2 is 1.88 bits per heavy atom. The molecule has 1 atom stereocenters. The molecule has 1 amide bonds. The average Bonchev–Trinajstić information content (AvgIpc) is 3.33. The summed E-state index contributed by atoms with van der Waals surface area (Å²) in [5.41, 5.74) is 2.62. The molecule has 4 aromatic rings. The maximum atomic E-state index is 13.7. The van der Waals surface area contributed by atoms with Crippen LogP contribution >= 0.6 is 11.3 Å². The van der Waals surface area contributed by atoms with E-state index < -0.39 is 0 Å². The highest BCUT2D eigenvalue weighted by Gasteiger charge is 2.29. The first-order valence-corrected chi connectivity index (χ1v) is 12.3. The van der Waals surface area contributed by atoms with Crippen molar-refractivity contribution < 1.29 is 9.53 Å². The van der Waals surface area contributed by atoms with E-state index in [0.29, 0.717) is 47.7 Å². The molecule has 0 saturated carbocycles.